The van der Waals surface area contributed by atoms with Crippen LogP contribution in [0.2, 0.25) is 0 Å². The number of hydrogen-bond acceptors (Lipinski definition) is 4. The highest BCUT2D eigenvalue weighted by Crippen LogP contribution is 2.14. The second kappa shape index (κ2) is 3.67. The molecule has 2 N–H and O–H groups in total. The molecule has 0 aromatic heterocycles. The number of carbonyl (C=O) groups is 2. The fourth-order valence-electron chi connectivity index (χ4n) is 2.10. The van der Waals surface area contributed by atoms with E-state index in [1.807, 2.05) is 11.8 Å². The molecule has 2 aliphatic heterocycles. The van der Waals surface area contributed by atoms with Gasteiger partial charge in [-0.3, -0.25) is 19.8 Å². The van der Waals surface area contributed by atoms with E-state index < -0.39 is 0 Å². The van der Waals surface area contributed by atoms with Crippen molar-refractivity contribution in [3.63, 3.8) is 0 Å². The van der Waals surface area contributed by atoms with Crippen molar-refractivity contribution in [2.24, 2.45) is 0 Å². The Kier molecular flexibility index (Phi) is 2.52. The summed E-state index contributed by atoms with van der Waals surface area (Å²) in [4.78, 5) is 24.6. The highest BCUT2D eigenvalue weighted by molar-refractivity contribution is 6.00. The number of carbonyl (C=O) groups excluding carboxylic acids is 2. The highest BCUT2D eigenvalue weighted by Gasteiger charge is 2.35. The molecule has 5 heteroatoms. The molecule has 2 amide bonds. The van der Waals surface area contributed by atoms with Crippen molar-refractivity contribution in [3.05, 3.63) is 0 Å². The molecule has 2 fully saturated rings. The van der Waals surface area contributed by atoms with E-state index in [2.05, 4.69) is 10.6 Å². The summed E-state index contributed by atoms with van der Waals surface area (Å²) in [6.07, 6.45) is 1.02. The number of rotatable bonds is 1. The molecule has 0 aliphatic carbocycles. The molecule has 0 saturated carbocycles. The number of piperazine rings is 1. The first-order valence-corrected chi connectivity index (χ1v) is 4.98. The topological polar surface area (TPSA) is 61.4 Å². The van der Waals surface area contributed by atoms with E-state index in [1.54, 1.807) is 0 Å². The summed E-state index contributed by atoms with van der Waals surface area (Å²) >= 11 is 0. The summed E-state index contributed by atoms with van der Waals surface area (Å²) in [5.41, 5.74) is 0. The first-order valence-electron chi connectivity index (χ1n) is 4.98. The lowest BCUT2D eigenvalue weighted by molar-refractivity contribution is -0.140. The van der Waals surface area contributed by atoms with Gasteiger partial charge in [0.25, 0.3) is 0 Å². The van der Waals surface area contributed by atoms with E-state index in [0.717, 1.165) is 19.5 Å². The first kappa shape index (κ1) is 9.61. The Bertz CT molecular complexity index is 261. The third-order valence-electron chi connectivity index (χ3n) is 2.97. The zero-order valence-electron chi connectivity index (χ0n) is 8.25. The van der Waals surface area contributed by atoms with Crippen LogP contribution in [0.5, 0.6) is 0 Å². The van der Waals surface area contributed by atoms with Crippen LogP contribution < -0.4 is 10.6 Å². The predicted octanol–water partition coefficient (Wildman–Crippen LogP) is -1.30. The molecule has 14 heavy (non-hydrogen) atoms. The first-order chi connectivity index (χ1) is 6.68. The van der Waals surface area contributed by atoms with Gasteiger partial charge in [-0.05, 0) is 19.9 Å². The molecule has 0 aromatic carbocycles. The van der Waals surface area contributed by atoms with E-state index in [9.17, 15) is 9.59 Å². The zero-order chi connectivity index (χ0) is 10.1. The molecule has 0 radical (unpaired) electrons. The molecule has 0 spiro atoms. The van der Waals surface area contributed by atoms with Crippen LogP contribution in [0.1, 0.15) is 13.3 Å². The van der Waals surface area contributed by atoms with E-state index in [0.29, 0.717) is 12.6 Å². The Morgan fingerprint density at radius 1 is 1.43 bits per heavy atom. The maximum absolute atomic E-state index is 11.4. The van der Waals surface area contributed by atoms with Gasteiger partial charge in [-0.2, -0.15) is 0 Å². The average molecular weight is 197 g/mol. The lowest BCUT2D eigenvalue weighted by Gasteiger charge is -2.35. The fourth-order valence-corrected chi connectivity index (χ4v) is 2.10. The number of amides is 2. The van der Waals surface area contributed by atoms with Gasteiger partial charge in [-0.1, -0.05) is 0 Å². The maximum Gasteiger partial charge on any atom is 0.243 e. The van der Waals surface area contributed by atoms with Crippen molar-refractivity contribution >= 4 is 11.8 Å². The van der Waals surface area contributed by atoms with Crippen LogP contribution >= 0.6 is 0 Å². The van der Waals surface area contributed by atoms with Gasteiger partial charge < -0.3 is 5.32 Å². The largest absolute Gasteiger partial charge is 0.315 e. The molecule has 2 heterocycles. The third-order valence-corrected chi connectivity index (χ3v) is 2.97. The molecule has 78 valence electrons. The summed E-state index contributed by atoms with van der Waals surface area (Å²) in [5, 5.41) is 5.58. The fraction of sp³-hybridized carbons (Fsp3) is 0.778. The lowest BCUT2D eigenvalue weighted by Crippen LogP contribution is -2.60. The lowest BCUT2D eigenvalue weighted by atomic mass is 10.1. The molecule has 2 atom stereocenters. The smallest absolute Gasteiger partial charge is 0.243 e. The van der Waals surface area contributed by atoms with Gasteiger partial charge in [0.2, 0.25) is 11.8 Å². The molecule has 5 nitrogen and oxygen atoms in total. The molecule has 0 aromatic rings. The van der Waals surface area contributed by atoms with Gasteiger partial charge in [-0.25, -0.2) is 0 Å². The Morgan fingerprint density at radius 2 is 2.21 bits per heavy atom. The van der Waals surface area contributed by atoms with Crippen LogP contribution in [0.25, 0.3) is 0 Å². The van der Waals surface area contributed by atoms with Crippen molar-refractivity contribution in [2.45, 2.75) is 25.4 Å². The quantitative estimate of drug-likeness (QED) is 0.513. The average Bonchev–Trinajstić information content (AvgIpc) is 2.63. The number of nitrogens with zero attached hydrogens (tertiary/aromatic N) is 1. The summed E-state index contributed by atoms with van der Waals surface area (Å²) in [7, 11) is 0. The monoisotopic (exact) mass is 197 g/mol. The van der Waals surface area contributed by atoms with Crippen molar-refractivity contribution in [1.29, 1.82) is 0 Å². The van der Waals surface area contributed by atoms with E-state index in [4.69, 9.17) is 0 Å². The molecular formula is C9H15N3O2. The molecular weight excluding hydrogens is 182 g/mol. The number of hydrogen-bond donors (Lipinski definition) is 2. The van der Waals surface area contributed by atoms with Gasteiger partial charge in [-0.15, -0.1) is 0 Å². The minimum absolute atomic E-state index is 0.173. The summed E-state index contributed by atoms with van der Waals surface area (Å²) in [6.45, 7) is 4.05. The van der Waals surface area contributed by atoms with Crippen LogP contribution in [0.4, 0.5) is 0 Å². The van der Waals surface area contributed by atoms with Gasteiger partial charge in [0.15, 0.2) is 0 Å². The van der Waals surface area contributed by atoms with Crippen LogP contribution in [0.3, 0.4) is 0 Å². The van der Waals surface area contributed by atoms with Crippen LogP contribution in [0, 0.1) is 0 Å². The van der Waals surface area contributed by atoms with Crippen molar-refractivity contribution in [3.8, 4) is 0 Å². The SMILES string of the molecule is CC1C(=O)NC(=O)CN1C1CCNC1. The highest BCUT2D eigenvalue weighted by atomic mass is 16.2. The number of imide groups is 1. The Balaban J connectivity index is 2.07. The minimum Gasteiger partial charge on any atom is -0.315 e. The van der Waals surface area contributed by atoms with Crippen molar-refractivity contribution < 1.29 is 9.59 Å². The van der Waals surface area contributed by atoms with E-state index >= 15 is 0 Å². The Labute approximate surface area is 82.8 Å². The van der Waals surface area contributed by atoms with Crippen molar-refractivity contribution in [1.82, 2.24) is 15.5 Å². The van der Waals surface area contributed by atoms with Gasteiger partial charge >= 0.3 is 0 Å². The minimum atomic E-state index is -0.183. The Hall–Kier alpha value is -0.940. The third kappa shape index (κ3) is 1.65. The van der Waals surface area contributed by atoms with E-state index in [1.165, 1.54) is 0 Å². The Morgan fingerprint density at radius 3 is 2.86 bits per heavy atom. The predicted molar refractivity (Wildman–Crippen MR) is 50.6 cm³/mol. The molecule has 2 aliphatic rings. The number of nitrogens with one attached hydrogen (secondary N) is 2. The second-order valence-corrected chi connectivity index (χ2v) is 3.91. The van der Waals surface area contributed by atoms with Gasteiger partial charge in [0.05, 0.1) is 12.6 Å². The van der Waals surface area contributed by atoms with Crippen LogP contribution in [0.15, 0.2) is 0 Å². The molecule has 0 bridgehead atoms. The summed E-state index contributed by atoms with van der Waals surface area (Å²) < 4.78 is 0. The zero-order valence-corrected chi connectivity index (χ0v) is 8.25. The van der Waals surface area contributed by atoms with Crippen LogP contribution in [-0.2, 0) is 9.59 Å². The summed E-state index contributed by atoms with van der Waals surface area (Å²) in [5.74, 6) is -0.354. The molecule has 2 rings (SSSR count). The maximum atomic E-state index is 11.4. The summed E-state index contributed by atoms with van der Waals surface area (Å²) in [6, 6.07) is 0.151. The second-order valence-electron chi connectivity index (χ2n) is 3.91. The molecule has 2 unspecified atom stereocenters. The van der Waals surface area contributed by atoms with Gasteiger partial charge in [0, 0.05) is 12.6 Å². The van der Waals surface area contributed by atoms with Gasteiger partial charge in [0.1, 0.15) is 0 Å². The molecule has 2 saturated heterocycles. The normalized spacial score (nSPS) is 34.6. The van der Waals surface area contributed by atoms with Crippen molar-refractivity contribution in [2.75, 3.05) is 19.6 Å². The van der Waals surface area contributed by atoms with Crippen LogP contribution in [-0.4, -0.2) is 48.4 Å². The standard InChI is InChI=1S/C9H15N3O2/c1-6-9(14)11-8(13)5-12(6)7-2-3-10-4-7/h6-7,10H,2-5H2,1H3,(H,11,13,14). The van der Waals surface area contributed by atoms with E-state index in [-0.39, 0.29) is 17.9 Å².